The third-order valence-corrected chi connectivity index (χ3v) is 5.01. The fourth-order valence-corrected chi connectivity index (χ4v) is 3.55. The van der Waals surface area contributed by atoms with Crippen LogP contribution in [0.2, 0.25) is 0 Å². The average Bonchev–Trinajstić information content (AvgIpc) is 3.15. The van der Waals surface area contributed by atoms with Gasteiger partial charge in [-0.15, -0.1) is 0 Å². The van der Waals surface area contributed by atoms with Crippen LogP contribution in [0.15, 0.2) is 18.2 Å². The summed E-state index contributed by atoms with van der Waals surface area (Å²) >= 11 is 0. The standard InChI is InChI=1S/C19H28N2O4/c1-23-16-8-5-11-21(13-16)19(22)20-14-9-10-17(24-2)18(12-14)25-15-6-3-4-7-15/h9-10,12,15-16H,3-8,11,13H2,1-2H3,(H,20,22). The van der Waals surface area contributed by atoms with Gasteiger partial charge in [-0.1, -0.05) is 0 Å². The molecule has 1 saturated heterocycles. The van der Waals surface area contributed by atoms with Crippen LogP contribution in [-0.2, 0) is 4.74 Å². The zero-order chi connectivity index (χ0) is 17.6. The average molecular weight is 348 g/mol. The number of methoxy groups -OCH3 is 2. The number of carbonyl (C=O) groups is 1. The van der Waals surface area contributed by atoms with Crippen LogP contribution in [0, 0.1) is 0 Å². The van der Waals surface area contributed by atoms with Crippen molar-refractivity contribution in [3.05, 3.63) is 18.2 Å². The lowest BCUT2D eigenvalue weighted by Gasteiger charge is -2.32. The first-order valence-electron chi connectivity index (χ1n) is 9.13. The number of amides is 2. The summed E-state index contributed by atoms with van der Waals surface area (Å²) in [5, 5.41) is 2.97. The van der Waals surface area contributed by atoms with Gasteiger partial charge in [-0.25, -0.2) is 4.79 Å². The van der Waals surface area contributed by atoms with Crippen LogP contribution < -0.4 is 14.8 Å². The van der Waals surface area contributed by atoms with E-state index in [1.165, 1.54) is 12.8 Å². The molecule has 1 aliphatic carbocycles. The molecule has 1 aromatic carbocycles. The van der Waals surface area contributed by atoms with Crippen LogP contribution >= 0.6 is 0 Å². The number of anilines is 1. The summed E-state index contributed by atoms with van der Waals surface area (Å²) in [6, 6.07) is 5.44. The molecule has 0 radical (unpaired) electrons. The third-order valence-electron chi connectivity index (χ3n) is 5.01. The molecule has 1 N–H and O–H groups in total. The van der Waals surface area contributed by atoms with Crippen LogP contribution in [0.5, 0.6) is 11.5 Å². The highest BCUT2D eigenvalue weighted by Crippen LogP contribution is 2.34. The minimum atomic E-state index is -0.0984. The van der Waals surface area contributed by atoms with Crippen molar-refractivity contribution in [2.45, 2.75) is 50.7 Å². The van der Waals surface area contributed by atoms with Crippen molar-refractivity contribution in [3.8, 4) is 11.5 Å². The maximum atomic E-state index is 12.5. The molecule has 25 heavy (non-hydrogen) atoms. The van der Waals surface area contributed by atoms with Crippen LogP contribution in [0.3, 0.4) is 0 Å². The lowest BCUT2D eigenvalue weighted by molar-refractivity contribution is 0.0458. The molecule has 0 spiro atoms. The fourth-order valence-electron chi connectivity index (χ4n) is 3.55. The second kappa shape index (κ2) is 8.43. The molecule has 1 heterocycles. The smallest absolute Gasteiger partial charge is 0.321 e. The van der Waals surface area contributed by atoms with Crippen molar-refractivity contribution in [2.24, 2.45) is 0 Å². The van der Waals surface area contributed by atoms with Gasteiger partial charge < -0.3 is 24.4 Å². The molecule has 1 saturated carbocycles. The van der Waals surface area contributed by atoms with Crippen molar-refractivity contribution < 1.29 is 19.0 Å². The van der Waals surface area contributed by atoms with Gasteiger partial charge in [0, 0.05) is 32.0 Å². The minimum Gasteiger partial charge on any atom is -0.493 e. The Balaban J connectivity index is 1.66. The molecule has 0 bridgehead atoms. The van der Waals surface area contributed by atoms with Gasteiger partial charge in [0.15, 0.2) is 11.5 Å². The van der Waals surface area contributed by atoms with Gasteiger partial charge in [0.05, 0.1) is 19.3 Å². The van der Waals surface area contributed by atoms with Crippen molar-refractivity contribution >= 4 is 11.7 Å². The molecular weight excluding hydrogens is 320 g/mol. The molecule has 1 aliphatic heterocycles. The Morgan fingerprint density at radius 1 is 1.08 bits per heavy atom. The summed E-state index contributed by atoms with van der Waals surface area (Å²) in [6.07, 6.45) is 6.89. The Labute approximate surface area is 149 Å². The first-order valence-corrected chi connectivity index (χ1v) is 9.13. The molecule has 2 aliphatic rings. The number of nitrogens with zero attached hydrogens (tertiary/aromatic N) is 1. The number of piperidine rings is 1. The minimum absolute atomic E-state index is 0.0984. The monoisotopic (exact) mass is 348 g/mol. The Kier molecular flexibility index (Phi) is 6.02. The van der Waals surface area contributed by atoms with Gasteiger partial charge in [0.2, 0.25) is 0 Å². The quantitative estimate of drug-likeness (QED) is 0.882. The summed E-state index contributed by atoms with van der Waals surface area (Å²) in [6.45, 7) is 1.39. The normalized spacial score (nSPS) is 21.2. The molecule has 3 rings (SSSR count). The first-order chi connectivity index (χ1) is 12.2. The Morgan fingerprint density at radius 2 is 1.84 bits per heavy atom. The summed E-state index contributed by atoms with van der Waals surface area (Å²) in [7, 11) is 3.33. The van der Waals surface area contributed by atoms with Crippen LogP contribution in [-0.4, -0.2) is 50.4 Å². The number of likely N-dealkylation sites (tertiary alicyclic amines) is 1. The van der Waals surface area contributed by atoms with Crippen LogP contribution in [0.1, 0.15) is 38.5 Å². The molecular formula is C19H28N2O4. The van der Waals surface area contributed by atoms with E-state index in [1.807, 2.05) is 18.2 Å². The zero-order valence-corrected chi connectivity index (χ0v) is 15.1. The van der Waals surface area contributed by atoms with Crippen LogP contribution in [0.25, 0.3) is 0 Å². The molecule has 2 fully saturated rings. The van der Waals surface area contributed by atoms with Gasteiger partial charge >= 0.3 is 6.03 Å². The van der Waals surface area contributed by atoms with Crippen molar-refractivity contribution in [1.29, 1.82) is 0 Å². The molecule has 1 atom stereocenters. The lowest BCUT2D eigenvalue weighted by atomic mass is 10.1. The highest BCUT2D eigenvalue weighted by atomic mass is 16.5. The predicted molar refractivity (Wildman–Crippen MR) is 96.5 cm³/mol. The Hall–Kier alpha value is -1.95. The second-order valence-corrected chi connectivity index (χ2v) is 6.77. The van der Waals surface area contributed by atoms with E-state index in [0.717, 1.165) is 37.9 Å². The van der Waals surface area contributed by atoms with Crippen molar-refractivity contribution in [3.63, 3.8) is 0 Å². The molecule has 1 unspecified atom stereocenters. The molecule has 1 aromatic rings. The number of hydrogen-bond donors (Lipinski definition) is 1. The van der Waals surface area contributed by atoms with Gasteiger partial charge in [0.1, 0.15) is 0 Å². The van der Waals surface area contributed by atoms with Gasteiger partial charge in [-0.2, -0.15) is 0 Å². The summed E-state index contributed by atoms with van der Waals surface area (Å²) < 4.78 is 16.9. The van der Waals surface area contributed by atoms with E-state index in [2.05, 4.69) is 5.32 Å². The SMILES string of the molecule is COc1ccc(NC(=O)N2CCCC(OC)C2)cc1OC1CCCC1. The number of hydrogen-bond acceptors (Lipinski definition) is 4. The van der Waals surface area contributed by atoms with E-state index >= 15 is 0 Å². The highest BCUT2D eigenvalue weighted by molar-refractivity contribution is 5.89. The van der Waals surface area contributed by atoms with E-state index < -0.39 is 0 Å². The first kappa shape index (κ1) is 17.9. The number of carbonyl (C=O) groups excluding carboxylic acids is 1. The van der Waals surface area contributed by atoms with E-state index in [4.69, 9.17) is 14.2 Å². The topological polar surface area (TPSA) is 60.0 Å². The summed E-state index contributed by atoms with van der Waals surface area (Å²) in [5.74, 6) is 1.39. The zero-order valence-electron chi connectivity index (χ0n) is 15.1. The Bertz CT molecular complexity index is 587. The van der Waals surface area contributed by atoms with E-state index in [1.54, 1.807) is 19.1 Å². The second-order valence-electron chi connectivity index (χ2n) is 6.77. The molecule has 2 amide bonds. The maximum absolute atomic E-state index is 12.5. The number of urea groups is 1. The van der Waals surface area contributed by atoms with E-state index in [0.29, 0.717) is 18.0 Å². The molecule has 138 valence electrons. The largest absolute Gasteiger partial charge is 0.493 e. The summed E-state index contributed by atoms with van der Waals surface area (Å²) in [4.78, 5) is 14.3. The maximum Gasteiger partial charge on any atom is 0.321 e. The predicted octanol–water partition coefficient (Wildman–Crippen LogP) is 3.66. The van der Waals surface area contributed by atoms with E-state index in [-0.39, 0.29) is 18.2 Å². The Morgan fingerprint density at radius 3 is 2.56 bits per heavy atom. The number of benzene rings is 1. The molecule has 0 aromatic heterocycles. The van der Waals surface area contributed by atoms with Gasteiger partial charge in [-0.3, -0.25) is 0 Å². The van der Waals surface area contributed by atoms with Gasteiger partial charge in [0.25, 0.3) is 0 Å². The highest BCUT2D eigenvalue weighted by Gasteiger charge is 2.24. The van der Waals surface area contributed by atoms with Crippen LogP contribution in [0.4, 0.5) is 10.5 Å². The summed E-state index contributed by atoms with van der Waals surface area (Å²) in [5.41, 5.74) is 0.721. The van der Waals surface area contributed by atoms with E-state index in [9.17, 15) is 4.79 Å². The number of nitrogens with one attached hydrogen (secondary N) is 1. The third kappa shape index (κ3) is 4.57. The molecule has 6 heteroatoms. The number of rotatable bonds is 5. The molecule has 6 nitrogen and oxygen atoms in total. The fraction of sp³-hybridized carbons (Fsp3) is 0.632. The van der Waals surface area contributed by atoms with Crippen molar-refractivity contribution in [1.82, 2.24) is 4.90 Å². The van der Waals surface area contributed by atoms with Gasteiger partial charge in [-0.05, 0) is 50.7 Å². The lowest BCUT2D eigenvalue weighted by Crippen LogP contribution is -2.44. The van der Waals surface area contributed by atoms with Crippen molar-refractivity contribution in [2.75, 3.05) is 32.6 Å². The number of ether oxygens (including phenoxy) is 3.